The number of unbranched alkanes of at least 4 members (excludes halogenated alkanes) is 2. The lowest BCUT2D eigenvalue weighted by atomic mass is 9.87. The van der Waals surface area contributed by atoms with Crippen molar-refractivity contribution in [1.82, 2.24) is 4.90 Å². The zero-order valence-corrected chi connectivity index (χ0v) is 14.1. The summed E-state index contributed by atoms with van der Waals surface area (Å²) in [5.41, 5.74) is 10.7. The van der Waals surface area contributed by atoms with Gasteiger partial charge in [0.05, 0.1) is 0 Å². The molecule has 1 heterocycles. The van der Waals surface area contributed by atoms with Crippen molar-refractivity contribution in [3.8, 4) is 0 Å². The SMILES string of the molecule is CCCCCN1CCN(c2cccc3c2CC(N)CC3)CC1. The van der Waals surface area contributed by atoms with E-state index in [4.69, 9.17) is 5.73 Å². The summed E-state index contributed by atoms with van der Waals surface area (Å²) in [6.07, 6.45) is 7.39. The summed E-state index contributed by atoms with van der Waals surface area (Å²) < 4.78 is 0. The van der Waals surface area contributed by atoms with Gasteiger partial charge in [0.2, 0.25) is 0 Å². The molecule has 122 valence electrons. The van der Waals surface area contributed by atoms with Crippen molar-refractivity contribution in [2.75, 3.05) is 37.6 Å². The van der Waals surface area contributed by atoms with E-state index in [0.717, 1.165) is 32.4 Å². The number of aryl methyl sites for hydroxylation is 1. The van der Waals surface area contributed by atoms with E-state index in [1.807, 2.05) is 0 Å². The molecule has 0 spiro atoms. The first-order valence-corrected chi connectivity index (χ1v) is 9.11. The van der Waals surface area contributed by atoms with Crippen LogP contribution in [0.5, 0.6) is 0 Å². The van der Waals surface area contributed by atoms with Crippen LogP contribution in [0.2, 0.25) is 0 Å². The van der Waals surface area contributed by atoms with E-state index in [9.17, 15) is 0 Å². The smallest absolute Gasteiger partial charge is 0.0403 e. The van der Waals surface area contributed by atoms with Gasteiger partial charge in [-0.3, -0.25) is 4.90 Å². The quantitative estimate of drug-likeness (QED) is 0.849. The predicted octanol–water partition coefficient (Wildman–Crippen LogP) is 2.81. The lowest BCUT2D eigenvalue weighted by Crippen LogP contribution is -2.47. The van der Waals surface area contributed by atoms with Gasteiger partial charge in [-0.25, -0.2) is 0 Å². The second-order valence-corrected chi connectivity index (χ2v) is 6.95. The van der Waals surface area contributed by atoms with Gasteiger partial charge < -0.3 is 10.6 Å². The summed E-state index contributed by atoms with van der Waals surface area (Å²) in [7, 11) is 0. The van der Waals surface area contributed by atoms with Gasteiger partial charge in [0.1, 0.15) is 0 Å². The van der Waals surface area contributed by atoms with Gasteiger partial charge in [-0.2, -0.15) is 0 Å². The lowest BCUT2D eigenvalue weighted by Gasteiger charge is -2.38. The highest BCUT2D eigenvalue weighted by Crippen LogP contribution is 2.30. The van der Waals surface area contributed by atoms with E-state index >= 15 is 0 Å². The summed E-state index contributed by atoms with van der Waals surface area (Å²) in [4.78, 5) is 5.22. The molecule has 22 heavy (non-hydrogen) atoms. The molecule has 1 aliphatic carbocycles. The van der Waals surface area contributed by atoms with Crippen LogP contribution < -0.4 is 10.6 Å². The molecule has 1 fully saturated rings. The molecule has 1 atom stereocenters. The molecular formula is C19H31N3. The van der Waals surface area contributed by atoms with Crippen molar-refractivity contribution < 1.29 is 0 Å². The lowest BCUT2D eigenvalue weighted by molar-refractivity contribution is 0.252. The van der Waals surface area contributed by atoms with Crippen LogP contribution in [-0.4, -0.2) is 43.7 Å². The van der Waals surface area contributed by atoms with E-state index in [1.54, 1.807) is 0 Å². The highest BCUT2D eigenvalue weighted by atomic mass is 15.3. The van der Waals surface area contributed by atoms with Crippen LogP contribution in [0.1, 0.15) is 43.7 Å². The molecule has 1 unspecified atom stereocenters. The Labute approximate surface area is 135 Å². The van der Waals surface area contributed by atoms with Crippen LogP contribution in [0.4, 0.5) is 5.69 Å². The van der Waals surface area contributed by atoms with E-state index in [-0.39, 0.29) is 0 Å². The Morgan fingerprint density at radius 1 is 1.14 bits per heavy atom. The van der Waals surface area contributed by atoms with Gasteiger partial charge in [-0.05, 0) is 49.4 Å². The molecule has 3 rings (SSSR count). The molecule has 0 saturated carbocycles. The highest BCUT2D eigenvalue weighted by Gasteiger charge is 2.23. The zero-order chi connectivity index (χ0) is 15.4. The van der Waals surface area contributed by atoms with Crippen molar-refractivity contribution in [2.45, 2.75) is 51.5 Å². The van der Waals surface area contributed by atoms with Crippen LogP contribution in [-0.2, 0) is 12.8 Å². The third-order valence-corrected chi connectivity index (χ3v) is 5.29. The average Bonchev–Trinajstić information content (AvgIpc) is 2.55. The van der Waals surface area contributed by atoms with Crippen LogP contribution in [0, 0.1) is 0 Å². The van der Waals surface area contributed by atoms with E-state index in [2.05, 4.69) is 34.9 Å². The predicted molar refractivity (Wildman–Crippen MR) is 94.6 cm³/mol. The first-order chi connectivity index (χ1) is 10.8. The third-order valence-electron chi connectivity index (χ3n) is 5.29. The van der Waals surface area contributed by atoms with E-state index in [0.29, 0.717) is 6.04 Å². The third kappa shape index (κ3) is 3.64. The van der Waals surface area contributed by atoms with Crippen LogP contribution in [0.3, 0.4) is 0 Å². The van der Waals surface area contributed by atoms with Gasteiger partial charge >= 0.3 is 0 Å². The molecule has 0 radical (unpaired) electrons. The number of hydrogen-bond acceptors (Lipinski definition) is 3. The minimum absolute atomic E-state index is 0.351. The Hall–Kier alpha value is -1.06. The average molecular weight is 301 g/mol. The van der Waals surface area contributed by atoms with Crippen molar-refractivity contribution in [2.24, 2.45) is 5.73 Å². The topological polar surface area (TPSA) is 32.5 Å². The fourth-order valence-corrected chi connectivity index (χ4v) is 3.89. The van der Waals surface area contributed by atoms with Crippen LogP contribution >= 0.6 is 0 Å². The number of nitrogens with two attached hydrogens (primary N) is 1. The Morgan fingerprint density at radius 3 is 2.73 bits per heavy atom. The number of anilines is 1. The van der Waals surface area contributed by atoms with Crippen molar-refractivity contribution in [3.05, 3.63) is 29.3 Å². The first-order valence-electron chi connectivity index (χ1n) is 9.11. The normalized spacial score (nSPS) is 22.6. The van der Waals surface area contributed by atoms with Crippen LogP contribution in [0.25, 0.3) is 0 Å². The monoisotopic (exact) mass is 301 g/mol. The number of rotatable bonds is 5. The van der Waals surface area contributed by atoms with Gasteiger partial charge in [-0.1, -0.05) is 31.9 Å². The maximum Gasteiger partial charge on any atom is 0.0403 e. The molecule has 3 heteroatoms. The number of nitrogens with zero attached hydrogens (tertiary/aromatic N) is 2. The minimum Gasteiger partial charge on any atom is -0.369 e. The molecule has 1 saturated heterocycles. The Morgan fingerprint density at radius 2 is 1.95 bits per heavy atom. The molecule has 2 N–H and O–H groups in total. The van der Waals surface area contributed by atoms with Crippen molar-refractivity contribution in [3.63, 3.8) is 0 Å². The van der Waals surface area contributed by atoms with E-state index in [1.165, 1.54) is 55.7 Å². The number of benzene rings is 1. The second kappa shape index (κ2) is 7.47. The summed E-state index contributed by atoms with van der Waals surface area (Å²) in [5.74, 6) is 0. The first kappa shape index (κ1) is 15.8. The zero-order valence-electron chi connectivity index (χ0n) is 14.1. The molecule has 1 aromatic rings. The molecule has 3 nitrogen and oxygen atoms in total. The Kier molecular flexibility index (Phi) is 5.37. The van der Waals surface area contributed by atoms with Gasteiger partial charge in [-0.15, -0.1) is 0 Å². The number of piperazine rings is 1. The largest absolute Gasteiger partial charge is 0.369 e. The molecule has 1 aliphatic heterocycles. The van der Waals surface area contributed by atoms with Crippen molar-refractivity contribution >= 4 is 5.69 Å². The summed E-state index contributed by atoms with van der Waals surface area (Å²) in [5, 5.41) is 0. The maximum atomic E-state index is 6.21. The molecular weight excluding hydrogens is 270 g/mol. The maximum absolute atomic E-state index is 6.21. The molecule has 0 amide bonds. The Balaban J connectivity index is 1.62. The molecule has 0 bridgehead atoms. The summed E-state index contributed by atoms with van der Waals surface area (Å²) >= 11 is 0. The van der Waals surface area contributed by atoms with Gasteiger partial charge in [0.25, 0.3) is 0 Å². The standard InChI is InChI=1S/C19H31N3/c1-2-3-4-10-21-11-13-22(14-12-21)19-7-5-6-16-8-9-17(20)15-18(16)19/h5-7,17H,2-4,8-15,20H2,1H3. The second-order valence-electron chi connectivity index (χ2n) is 6.95. The fraction of sp³-hybridized carbons (Fsp3) is 0.684. The van der Waals surface area contributed by atoms with Gasteiger partial charge in [0, 0.05) is 37.9 Å². The van der Waals surface area contributed by atoms with Crippen LogP contribution in [0.15, 0.2) is 18.2 Å². The summed E-state index contributed by atoms with van der Waals surface area (Å²) in [6.45, 7) is 8.30. The molecule has 1 aromatic carbocycles. The molecule has 2 aliphatic rings. The minimum atomic E-state index is 0.351. The van der Waals surface area contributed by atoms with Gasteiger partial charge in [0.15, 0.2) is 0 Å². The van der Waals surface area contributed by atoms with E-state index < -0.39 is 0 Å². The number of fused-ring (bicyclic) bond motifs is 1. The Bertz CT molecular complexity index is 478. The fourth-order valence-electron chi connectivity index (χ4n) is 3.89. The highest BCUT2D eigenvalue weighted by molar-refractivity contribution is 5.58. The molecule has 0 aromatic heterocycles. The summed E-state index contributed by atoms with van der Waals surface area (Å²) in [6, 6.07) is 7.19. The number of hydrogen-bond donors (Lipinski definition) is 1. The van der Waals surface area contributed by atoms with Crippen molar-refractivity contribution in [1.29, 1.82) is 0 Å².